The van der Waals surface area contributed by atoms with E-state index in [1.165, 1.54) is 12.1 Å². The van der Waals surface area contributed by atoms with E-state index < -0.39 is 0 Å². The minimum absolute atomic E-state index is 0.0169. The summed E-state index contributed by atoms with van der Waals surface area (Å²) in [6, 6.07) is 4.56. The second-order valence-corrected chi connectivity index (χ2v) is 4.99. The number of benzene rings is 1. The summed E-state index contributed by atoms with van der Waals surface area (Å²) >= 11 is 0. The van der Waals surface area contributed by atoms with Crippen molar-refractivity contribution in [3.05, 3.63) is 35.1 Å². The molecule has 17 heavy (non-hydrogen) atoms. The SMILES string of the molecule is Cc1cc(F)ccc1CC(=O)CC(N)C1CC1. The summed E-state index contributed by atoms with van der Waals surface area (Å²) in [5, 5.41) is 0. The van der Waals surface area contributed by atoms with Crippen molar-refractivity contribution in [1.29, 1.82) is 0 Å². The number of carbonyl (C=O) groups excluding carboxylic acids is 1. The first kappa shape index (κ1) is 12.2. The molecular weight excluding hydrogens is 217 g/mol. The summed E-state index contributed by atoms with van der Waals surface area (Å²) in [4.78, 5) is 11.8. The molecule has 1 fully saturated rings. The zero-order valence-electron chi connectivity index (χ0n) is 10.1. The molecule has 0 amide bonds. The molecule has 2 N–H and O–H groups in total. The Bertz CT molecular complexity index is 426. The van der Waals surface area contributed by atoms with Gasteiger partial charge in [0.2, 0.25) is 0 Å². The Morgan fingerprint density at radius 2 is 2.24 bits per heavy atom. The fourth-order valence-electron chi connectivity index (χ4n) is 2.10. The Morgan fingerprint density at radius 1 is 1.53 bits per heavy atom. The predicted octanol–water partition coefficient (Wildman–Crippen LogP) is 2.37. The van der Waals surface area contributed by atoms with Crippen LogP contribution < -0.4 is 5.73 Å². The monoisotopic (exact) mass is 235 g/mol. The average Bonchev–Trinajstić information content (AvgIpc) is 3.05. The highest BCUT2D eigenvalue weighted by molar-refractivity contribution is 5.81. The molecular formula is C14H18FNO. The Kier molecular flexibility index (Phi) is 3.57. The van der Waals surface area contributed by atoms with Gasteiger partial charge in [-0.15, -0.1) is 0 Å². The largest absolute Gasteiger partial charge is 0.327 e. The normalized spacial score (nSPS) is 16.9. The van der Waals surface area contributed by atoms with Gasteiger partial charge in [0.25, 0.3) is 0 Å². The number of carbonyl (C=O) groups is 1. The molecule has 3 heteroatoms. The molecule has 1 aliphatic carbocycles. The fraction of sp³-hybridized carbons (Fsp3) is 0.500. The van der Waals surface area contributed by atoms with Gasteiger partial charge in [-0.05, 0) is 48.9 Å². The molecule has 0 aromatic heterocycles. The van der Waals surface area contributed by atoms with E-state index in [2.05, 4.69) is 0 Å². The summed E-state index contributed by atoms with van der Waals surface area (Å²) in [5.74, 6) is 0.445. The van der Waals surface area contributed by atoms with Crippen molar-refractivity contribution in [3.63, 3.8) is 0 Å². The number of ketones is 1. The molecule has 0 heterocycles. The summed E-state index contributed by atoms with van der Waals surface area (Å²) in [5.41, 5.74) is 7.65. The van der Waals surface area contributed by atoms with Gasteiger partial charge >= 0.3 is 0 Å². The van der Waals surface area contributed by atoms with E-state index in [-0.39, 0.29) is 17.6 Å². The number of Topliss-reactive ketones (excluding diaryl/α,β-unsaturated/α-hetero) is 1. The summed E-state index contributed by atoms with van der Waals surface area (Å²) in [6.45, 7) is 1.83. The molecule has 1 saturated carbocycles. The lowest BCUT2D eigenvalue weighted by Gasteiger charge is -2.10. The van der Waals surface area contributed by atoms with Crippen LogP contribution in [-0.4, -0.2) is 11.8 Å². The van der Waals surface area contributed by atoms with Crippen LogP contribution in [0.15, 0.2) is 18.2 Å². The number of nitrogens with two attached hydrogens (primary N) is 1. The quantitative estimate of drug-likeness (QED) is 0.851. The maximum absolute atomic E-state index is 12.9. The van der Waals surface area contributed by atoms with Gasteiger partial charge in [-0.1, -0.05) is 6.07 Å². The number of aryl methyl sites for hydroxylation is 1. The van der Waals surface area contributed by atoms with Crippen molar-refractivity contribution in [2.75, 3.05) is 0 Å². The third kappa shape index (κ3) is 3.37. The molecule has 0 radical (unpaired) electrons. The summed E-state index contributed by atoms with van der Waals surface area (Å²) in [6.07, 6.45) is 3.13. The van der Waals surface area contributed by atoms with Gasteiger partial charge < -0.3 is 5.73 Å². The Morgan fingerprint density at radius 3 is 2.82 bits per heavy atom. The smallest absolute Gasteiger partial charge is 0.138 e. The van der Waals surface area contributed by atoms with E-state index in [1.807, 2.05) is 6.92 Å². The Labute approximate surface area is 101 Å². The molecule has 0 aliphatic heterocycles. The van der Waals surface area contributed by atoms with Crippen LogP contribution in [0.5, 0.6) is 0 Å². The van der Waals surface area contributed by atoms with Crippen molar-refractivity contribution in [1.82, 2.24) is 0 Å². The molecule has 1 aromatic rings. The predicted molar refractivity (Wildman–Crippen MR) is 65.2 cm³/mol. The second-order valence-electron chi connectivity index (χ2n) is 4.99. The van der Waals surface area contributed by atoms with Gasteiger partial charge in [0, 0.05) is 18.9 Å². The molecule has 2 nitrogen and oxygen atoms in total. The minimum atomic E-state index is -0.256. The van der Waals surface area contributed by atoms with Crippen LogP contribution in [0.2, 0.25) is 0 Å². The van der Waals surface area contributed by atoms with Crippen LogP contribution in [0.4, 0.5) is 4.39 Å². The van der Waals surface area contributed by atoms with E-state index in [9.17, 15) is 9.18 Å². The first-order valence-corrected chi connectivity index (χ1v) is 6.08. The number of halogens is 1. The topological polar surface area (TPSA) is 43.1 Å². The first-order valence-electron chi connectivity index (χ1n) is 6.08. The van der Waals surface area contributed by atoms with Crippen molar-refractivity contribution in [2.24, 2.45) is 11.7 Å². The minimum Gasteiger partial charge on any atom is -0.327 e. The summed E-state index contributed by atoms with van der Waals surface area (Å²) in [7, 11) is 0. The van der Waals surface area contributed by atoms with E-state index >= 15 is 0 Å². The van der Waals surface area contributed by atoms with Crippen LogP contribution in [0.3, 0.4) is 0 Å². The van der Waals surface area contributed by atoms with Crippen LogP contribution >= 0.6 is 0 Å². The van der Waals surface area contributed by atoms with Crippen molar-refractivity contribution < 1.29 is 9.18 Å². The van der Waals surface area contributed by atoms with Crippen LogP contribution in [0.25, 0.3) is 0 Å². The fourth-order valence-corrected chi connectivity index (χ4v) is 2.10. The van der Waals surface area contributed by atoms with Crippen molar-refractivity contribution >= 4 is 5.78 Å². The van der Waals surface area contributed by atoms with Crippen LogP contribution in [-0.2, 0) is 11.2 Å². The molecule has 0 bridgehead atoms. The van der Waals surface area contributed by atoms with E-state index in [1.54, 1.807) is 6.07 Å². The summed E-state index contributed by atoms with van der Waals surface area (Å²) < 4.78 is 12.9. The van der Waals surface area contributed by atoms with E-state index in [0.29, 0.717) is 18.8 Å². The molecule has 1 aromatic carbocycles. The van der Waals surface area contributed by atoms with Crippen molar-refractivity contribution in [2.45, 2.75) is 38.6 Å². The highest BCUT2D eigenvalue weighted by Crippen LogP contribution is 2.33. The molecule has 0 spiro atoms. The third-order valence-corrected chi connectivity index (χ3v) is 3.38. The second kappa shape index (κ2) is 4.96. The highest BCUT2D eigenvalue weighted by Gasteiger charge is 2.29. The van der Waals surface area contributed by atoms with Gasteiger partial charge in [0.05, 0.1) is 0 Å². The van der Waals surface area contributed by atoms with Crippen LogP contribution in [0.1, 0.15) is 30.4 Å². The maximum Gasteiger partial charge on any atom is 0.138 e. The van der Waals surface area contributed by atoms with E-state index in [0.717, 1.165) is 24.0 Å². The number of hydrogen-bond acceptors (Lipinski definition) is 2. The highest BCUT2D eigenvalue weighted by atomic mass is 19.1. The molecule has 1 aliphatic rings. The molecule has 1 unspecified atom stereocenters. The lowest BCUT2D eigenvalue weighted by molar-refractivity contribution is -0.118. The van der Waals surface area contributed by atoms with Gasteiger partial charge in [0.15, 0.2) is 0 Å². The molecule has 92 valence electrons. The lowest BCUT2D eigenvalue weighted by atomic mass is 9.98. The molecule has 1 atom stereocenters. The zero-order valence-corrected chi connectivity index (χ0v) is 10.1. The average molecular weight is 235 g/mol. The standard InChI is InChI=1S/C14H18FNO/c1-9-6-12(15)5-4-11(9)7-13(17)8-14(16)10-2-3-10/h4-6,10,14H,2-3,7-8,16H2,1H3. The number of hydrogen-bond donors (Lipinski definition) is 1. The maximum atomic E-state index is 12.9. The van der Waals surface area contributed by atoms with Gasteiger partial charge in [-0.2, -0.15) is 0 Å². The number of rotatable bonds is 5. The zero-order chi connectivity index (χ0) is 12.4. The lowest BCUT2D eigenvalue weighted by Crippen LogP contribution is -2.26. The van der Waals surface area contributed by atoms with E-state index in [4.69, 9.17) is 5.73 Å². The Balaban J connectivity index is 1.92. The van der Waals surface area contributed by atoms with Crippen LogP contribution in [0, 0.1) is 18.7 Å². The molecule has 2 rings (SSSR count). The third-order valence-electron chi connectivity index (χ3n) is 3.38. The van der Waals surface area contributed by atoms with Gasteiger partial charge in [0.1, 0.15) is 11.6 Å². The Hall–Kier alpha value is -1.22. The molecule has 0 saturated heterocycles. The van der Waals surface area contributed by atoms with Gasteiger partial charge in [-0.25, -0.2) is 4.39 Å². The van der Waals surface area contributed by atoms with Crippen molar-refractivity contribution in [3.8, 4) is 0 Å². The first-order chi connectivity index (χ1) is 8.06. The van der Waals surface area contributed by atoms with Gasteiger partial charge in [-0.3, -0.25) is 4.79 Å².